The molecule has 1 fully saturated rings. The number of sulfonamides is 1. The minimum atomic E-state index is -3.94. The van der Waals surface area contributed by atoms with Crippen LogP contribution in [0, 0.1) is 5.92 Å². The van der Waals surface area contributed by atoms with Gasteiger partial charge in [-0.2, -0.15) is 4.31 Å². The zero-order chi connectivity index (χ0) is 15.1. The molecule has 0 amide bonds. The van der Waals surface area contributed by atoms with E-state index in [0.717, 1.165) is 15.3 Å². The Kier molecular flexibility index (Phi) is 3.85. The van der Waals surface area contributed by atoms with Gasteiger partial charge >= 0.3 is 5.69 Å². The van der Waals surface area contributed by atoms with E-state index in [1.165, 1.54) is 18.4 Å². The Hall–Kier alpha value is -1.45. The summed E-state index contributed by atoms with van der Waals surface area (Å²) in [7, 11) is -1.31. The monoisotopic (exact) mass is 303 g/mol. The highest BCUT2D eigenvalue weighted by atomic mass is 32.2. The molecule has 1 N–H and O–H groups in total. The number of aliphatic hydroxyl groups is 1. The Morgan fingerprint density at radius 3 is 2.55 bits per heavy atom. The lowest BCUT2D eigenvalue weighted by atomic mass is 10.1. The van der Waals surface area contributed by atoms with Crippen LogP contribution < -0.4 is 11.2 Å². The quantitative estimate of drug-likeness (QED) is 0.702. The van der Waals surface area contributed by atoms with Gasteiger partial charge in [0, 0.05) is 40.0 Å². The molecule has 1 aromatic heterocycles. The van der Waals surface area contributed by atoms with Crippen molar-refractivity contribution in [3.05, 3.63) is 27.0 Å². The first-order valence-corrected chi connectivity index (χ1v) is 7.60. The number of aliphatic hydroxyl groups excluding tert-OH is 1. The van der Waals surface area contributed by atoms with Crippen LogP contribution in [0.3, 0.4) is 0 Å². The summed E-state index contributed by atoms with van der Waals surface area (Å²) in [6.07, 6.45) is 1.61. The molecule has 1 unspecified atom stereocenters. The zero-order valence-electron chi connectivity index (χ0n) is 11.3. The minimum absolute atomic E-state index is 0.0860. The summed E-state index contributed by atoms with van der Waals surface area (Å²) in [6, 6.07) is 0. The van der Waals surface area contributed by atoms with Crippen LogP contribution in [0.2, 0.25) is 0 Å². The number of aromatic nitrogens is 2. The molecule has 0 aliphatic carbocycles. The van der Waals surface area contributed by atoms with Gasteiger partial charge in [-0.25, -0.2) is 13.2 Å². The largest absolute Gasteiger partial charge is 0.396 e. The van der Waals surface area contributed by atoms with Crippen molar-refractivity contribution < 1.29 is 13.5 Å². The molecule has 1 saturated heterocycles. The van der Waals surface area contributed by atoms with E-state index >= 15 is 0 Å². The number of aryl methyl sites for hydroxylation is 1. The molecule has 1 aliphatic rings. The first-order valence-electron chi connectivity index (χ1n) is 6.16. The van der Waals surface area contributed by atoms with E-state index in [0.29, 0.717) is 6.42 Å². The van der Waals surface area contributed by atoms with E-state index in [9.17, 15) is 18.0 Å². The average Bonchev–Trinajstić information content (AvgIpc) is 2.90. The normalized spacial score (nSPS) is 20.4. The molecule has 1 atom stereocenters. The summed E-state index contributed by atoms with van der Waals surface area (Å²) in [5.74, 6) is -0.110. The topological polar surface area (TPSA) is 102 Å². The fourth-order valence-electron chi connectivity index (χ4n) is 2.26. The van der Waals surface area contributed by atoms with E-state index in [4.69, 9.17) is 5.11 Å². The predicted molar refractivity (Wildman–Crippen MR) is 70.9 cm³/mol. The Morgan fingerprint density at radius 1 is 1.35 bits per heavy atom. The molecule has 112 valence electrons. The SMILES string of the molecule is Cn1cc(S(=O)(=O)N2CCC(CO)C2)c(=O)n(C)c1=O. The minimum Gasteiger partial charge on any atom is -0.396 e. The molecular formula is C11H17N3O5S. The van der Waals surface area contributed by atoms with Crippen LogP contribution in [-0.4, -0.2) is 46.7 Å². The molecular weight excluding hydrogens is 286 g/mol. The lowest BCUT2D eigenvalue weighted by molar-refractivity contribution is 0.233. The summed E-state index contributed by atoms with van der Waals surface area (Å²) >= 11 is 0. The molecule has 0 aromatic carbocycles. The molecule has 1 aliphatic heterocycles. The second-order valence-electron chi connectivity index (χ2n) is 4.95. The summed E-state index contributed by atoms with van der Waals surface area (Å²) in [5, 5.41) is 9.07. The smallest absolute Gasteiger partial charge is 0.330 e. The molecule has 2 rings (SSSR count). The lowest BCUT2D eigenvalue weighted by Crippen LogP contribution is -2.42. The number of rotatable bonds is 3. The zero-order valence-corrected chi connectivity index (χ0v) is 12.1. The molecule has 0 bridgehead atoms. The molecule has 8 nitrogen and oxygen atoms in total. The summed E-state index contributed by atoms with van der Waals surface area (Å²) in [5.41, 5.74) is -1.41. The highest BCUT2D eigenvalue weighted by Crippen LogP contribution is 2.21. The Morgan fingerprint density at radius 2 is 2.00 bits per heavy atom. The Bertz CT molecular complexity index is 733. The van der Waals surface area contributed by atoms with Crippen LogP contribution in [0.15, 0.2) is 20.7 Å². The number of hydrogen-bond acceptors (Lipinski definition) is 5. The maximum absolute atomic E-state index is 12.4. The predicted octanol–water partition coefficient (Wildman–Crippen LogP) is -1.91. The molecule has 9 heteroatoms. The standard InChI is InChI=1S/C11H17N3O5S/c1-12-6-9(10(16)13(2)11(12)17)20(18,19)14-4-3-8(5-14)7-15/h6,8,15H,3-5,7H2,1-2H3. The van der Waals surface area contributed by atoms with Crippen molar-refractivity contribution in [2.75, 3.05) is 19.7 Å². The fraction of sp³-hybridized carbons (Fsp3) is 0.636. The number of nitrogens with zero attached hydrogens (tertiary/aromatic N) is 3. The molecule has 0 radical (unpaired) electrons. The lowest BCUT2D eigenvalue weighted by Gasteiger charge is -2.16. The Balaban J connectivity index is 2.52. The molecule has 1 aromatic rings. The first kappa shape index (κ1) is 14.9. The van der Waals surface area contributed by atoms with Gasteiger partial charge in [-0.3, -0.25) is 9.36 Å². The molecule has 2 heterocycles. The van der Waals surface area contributed by atoms with Crippen LogP contribution in [-0.2, 0) is 24.1 Å². The van der Waals surface area contributed by atoms with E-state index in [2.05, 4.69) is 0 Å². The van der Waals surface area contributed by atoms with Gasteiger partial charge in [-0.15, -0.1) is 0 Å². The summed E-state index contributed by atoms with van der Waals surface area (Å²) < 4.78 is 27.9. The van der Waals surface area contributed by atoms with Crippen molar-refractivity contribution in [1.82, 2.24) is 13.4 Å². The van der Waals surface area contributed by atoms with Crippen LogP contribution in [0.4, 0.5) is 0 Å². The van der Waals surface area contributed by atoms with Crippen LogP contribution >= 0.6 is 0 Å². The summed E-state index contributed by atoms with van der Waals surface area (Å²) in [4.78, 5) is 23.1. The van der Waals surface area contributed by atoms with Gasteiger partial charge in [0.15, 0.2) is 4.90 Å². The van der Waals surface area contributed by atoms with Crippen molar-refractivity contribution >= 4 is 10.0 Å². The van der Waals surface area contributed by atoms with E-state index in [-0.39, 0.29) is 25.6 Å². The van der Waals surface area contributed by atoms with Gasteiger partial charge in [0.1, 0.15) is 0 Å². The van der Waals surface area contributed by atoms with E-state index in [1.807, 2.05) is 0 Å². The molecule has 20 heavy (non-hydrogen) atoms. The fourth-order valence-corrected chi connectivity index (χ4v) is 3.94. The van der Waals surface area contributed by atoms with Gasteiger partial charge in [0.05, 0.1) is 0 Å². The highest BCUT2D eigenvalue weighted by molar-refractivity contribution is 7.89. The third-order valence-corrected chi connectivity index (χ3v) is 5.39. The average molecular weight is 303 g/mol. The number of hydrogen-bond donors (Lipinski definition) is 1. The van der Waals surface area contributed by atoms with Crippen molar-refractivity contribution in [2.45, 2.75) is 11.3 Å². The van der Waals surface area contributed by atoms with Gasteiger partial charge in [0.25, 0.3) is 5.56 Å². The van der Waals surface area contributed by atoms with Gasteiger partial charge < -0.3 is 9.67 Å². The maximum atomic E-state index is 12.4. The first-order chi connectivity index (χ1) is 9.28. The molecule has 0 saturated carbocycles. The third kappa shape index (κ3) is 2.32. The summed E-state index contributed by atoms with van der Waals surface area (Å²) in [6.45, 7) is 0.363. The van der Waals surface area contributed by atoms with Gasteiger partial charge in [-0.1, -0.05) is 0 Å². The van der Waals surface area contributed by atoms with Crippen molar-refractivity contribution in [3.8, 4) is 0 Å². The van der Waals surface area contributed by atoms with Crippen molar-refractivity contribution in [3.63, 3.8) is 0 Å². The van der Waals surface area contributed by atoms with Gasteiger partial charge in [-0.05, 0) is 12.3 Å². The molecule has 0 spiro atoms. The van der Waals surface area contributed by atoms with E-state index < -0.39 is 26.2 Å². The van der Waals surface area contributed by atoms with E-state index in [1.54, 1.807) is 0 Å². The Labute approximate surface area is 115 Å². The second-order valence-corrected chi connectivity index (χ2v) is 6.86. The second kappa shape index (κ2) is 5.15. The third-order valence-electron chi connectivity index (χ3n) is 3.54. The van der Waals surface area contributed by atoms with Crippen molar-refractivity contribution in [1.29, 1.82) is 0 Å². The highest BCUT2D eigenvalue weighted by Gasteiger charge is 2.34. The van der Waals surface area contributed by atoms with Gasteiger partial charge in [0.2, 0.25) is 10.0 Å². The van der Waals surface area contributed by atoms with Crippen molar-refractivity contribution in [2.24, 2.45) is 20.0 Å². The maximum Gasteiger partial charge on any atom is 0.330 e. The van der Waals surface area contributed by atoms with Crippen LogP contribution in [0.1, 0.15) is 6.42 Å². The van der Waals surface area contributed by atoms with Crippen LogP contribution in [0.5, 0.6) is 0 Å². The van der Waals surface area contributed by atoms with Crippen LogP contribution in [0.25, 0.3) is 0 Å².